The summed E-state index contributed by atoms with van der Waals surface area (Å²) in [5, 5.41) is 1.18. The summed E-state index contributed by atoms with van der Waals surface area (Å²) in [6, 6.07) is 22.7. The van der Waals surface area contributed by atoms with Gasteiger partial charge in [0, 0.05) is 16.8 Å². The van der Waals surface area contributed by atoms with Gasteiger partial charge in [-0.3, -0.25) is 0 Å². The number of hydrogen-bond acceptors (Lipinski definition) is 7. The quantitative estimate of drug-likeness (QED) is 0.0464. The summed E-state index contributed by atoms with van der Waals surface area (Å²) in [7, 11) is 0. The van der Waals surface area contributed by atoms with Gasteiger partial charge in [0.25, 0.3) is 0 Å². The molecule has 0 heterocycles. The van der Waals surface area contributed by atoms with Crippen molar-refractivity contribution in [2.24, 2.45) is 11.8 Å². The van der Waals surface area contributed by atoms with Crippen molar-refractivity contribution in [3.63, 3.8) is 0 Å². The predicted molar refractivity (Wildman–Crippen MR) is 186 cm³/mol. The molecule has 0 amide bonds. The van der Waals surface area contributed by atoms with Crippen molar-refractivity contribution in [2.75, 3.05) is 19.8 Å². The zero-order valence-electron chi connectivity index (χ0n) is 28.0. The van der Waals surface area contributed by atoms with Gasteiger partial charge < -0.3 is 23.7 Å². The smallest absolute Gasteiger partial charge is 0.343 e. The zero-order valence-corrected chi connectivity index (χ0v) is 28.0. The highest BCUT2D eigenvalue weighted by atomic mass is 16.6. The van der Waals surface area contributed by atoms with Crippen molar-refractivity contribution in [1.82, 2.24) is 0 Å². The predicted octanol–water partition coefficient (Wildman–Crippen LogP) is 9.86. The first-order valence-corrected chi connectivity index (χ1v) is 16.5. The van der Waals surface area contributed by atoms with Crippen LogP contribution in [0.4, 0.5) is 0 Å². The molecule has 0 fully saturated rings. The number of carbonyl (C=O) groups excluding carboxylic acids is 2. The minimum absolute atomic E-state index is 0.258. The molecule has 0 saturated heterocycles. The maximum Gasteiger partial charge on any atom is 0.343 e. The van der Waals surface area contributed by atoms with Crippen LogP contribution in [-0.4, -0.2) is 31.8 Å². The van der Waals surface area contributed by atoms with E-state index in [-0.39, 0.29) is 5.75 Å². The number of allylic oxidation sites excluding steroid dienone is 1. The van der Waals surface area contributed by atoms with Crippen LogP contribution in [0.1, 0.15) is 80.5 Å². The number of rotatable bonds is 18. The Balaban J connectivity index is 1.59. The minimum Gasteiger partial charge on any atom is -0.493 e. The Kier molecular flexibility index (Phi) is 13.3. The van der Waals surface area contributed by atoms with Crippen LogP contribution in [0, 0.1) is 11.8 Å². The number of benzene rings is 4. The molecule has 4 aromatic carbocycles. The SMILES string of the molecule is C=CCCCCOc1cc(OC(=O)c2ccc(OC[C@H](C)CC)cc2)c2ccccc2c1OC(=O)c1ccc(OC[C@H](C)CC)cc1. The number of carbonyl (C=O) groups is 2. The van der Waals surface area contributed by atoms with E-state index in [4.69, 9.17) is 23.7 Å². The molecule has 0 unspecified atom stereocenters. The van der Waals surface area contributed by atoms with Gasteiger partial charge in [-0.05, 0) is 79.6 Å². The summed E-state index contributed by atoms with van der Waals surface area (Å²) in [4.78, 5) is 26.7. The Bertz CT molecular complexity index is 1610. The molecule has 0 aliphatic rings. The van der Waals surface area contributed by atoms with Crippen LogP contribution in [0.25, 0.3) is 10.8 Å². The van der Waals surface area contributed by atoms with Crippen molar-refractivity contribution in [3.05, 3.63) is 103 Å². The fraction of sp³-hybridized carbons (Fsp3) is 0.350. The second kappa shape index (κ2) is 17.8. The van der Waals surface area contributed by atoms with E-state index in [2.05, 4.69) is 34.3 Å². The fourth-order valence-electron chi connectivity index (χ4n) is 4.56. The maximum absolute atomic E-state index is 13.4. The molecule has 0 saturated carbocycles. The summed E-state index contributed by atoms with van der Waals surface area (Å²) in [6.07, 6.45) is 6.45. The van der Waals surface area contributed by atoms with Crippen LogP contribution < -0.4 is 23.7 Å². The molecule has 4 aromatic rings. The third-order valence-corrected chi connectivity index (χ3v) is 8.02. The molecule has 0 N–H and O–H groups in total. The second-order valence-corrected chi connectivity index (χ2v) is 11.9. The van der Waals surface area contributed by atoms with Gasteiger partial charge in [0.05, 0.1) is 30.9 Å². The first kappa shape index (κ1) is 35.1. The summed E-state index contributed by atoms with van der Waals surface area (Å²) in [6.45, 7) is 13.9. The van der Waals surface area contributed by atoms with E-state index in [0.717, 1.165) is 32.1 Å². The Morgan fingerprint density at radius 3 is 1.74 bits per heavy atom. The summed E-state index contributed by atoms with van der Waals surface area (Å²) < 4.78 is 29.8. The van der Waals surface area contributed by atoms with Gasteiger partial charge in [-0.1, -0.05) is 70.9 Å². The van der Waals surface area contributed by atoms with Gasteiger partial charge in [0.2, 0.25) is 0 Å². The molecule has 0 bridgehead atoms. The molecular formula is C40H46O7. The number of fused-ring (bicyclic) bond motifs is 1. The molecule has 0 aliphatic heterocycles. The lowest BCUT2D eigenvalue weighted by Crippen LogP contribution is -2.12. The topological polar surface area (TPSA) is 80.3 Å². The lowest BCUT2D eigenvalue weighted by molar-refractivity contribution is 0.0717. The molecule has 7 heteroatoms. The van der Waals surface area contributed by atoms with Crippen LogP contribution in [0.15, 0.2) is 91.5 Å². The fourth-order valence-corrected chi connectivity index (χ4v) is 4.56. The molecule has 47 heavy (non-hydrogen) atoms. The van der Waals surface area contributed by atoms with Gasteiger partial charge in [-0.15, -0.1) is 6.58 Å². The third-order valence-electron chi connectivity index (χ3n) is 8.02. The third kappa shape index (κ3) is 10.1. The molecule has 0 aliphatic carbocycles. The van der Waals surface area contributed by atoms with Crippen LogP contribution in [0.5, 0.6) is 28.7 Å². The first-order valence-electron chi connectivity index (χ1n) is 16.5. The molecule has 0 radical (unpaired) electrons. The molecule has 4 rings (SSSR count). The van der Waals surface area contributed by atoms with Crippen LogP contribution in [-0.2, 0) is 0 Å². The van der Waals surface area contributed by atoms with Crippen molar-refractivity contribution in [2.45, 2.75) is 59.8 Å². The van der Waals surface area contributed by atoms with E-state index in [9.17, 15) is 9.59 Å². The van der Waals surface area contributed by atoms with Gasteiger partial charge in [0.15, 0.2) is 11.5 Å². The maximum atomic E-state index is 13.4. The van der Waals surface area contributed by atoms with Crippen molar-refractivity contribution >= 4 is 22.7 Å². The summed E-state index contributed by atoms with van der Waals surface area (Å²) in [5.41, 5.74) is 0.748. The van der Waals surface area contributed by atoms with E-state index in [1.54, 1.807) is 54.6 Å². The van der Waals surface area contributed by atoms with E-state index in [0.29, 0.717) is 76.6 Å². The molecule has 0 spiro atoms. The average molecular weight is 639 g/mol. The average Bonchev–Trinajstić information content (AvgIpc) is 3.11. The number of hydrogen-bond donors (Lipinski definition) is 0. The number of unbranched alkanes of at least 4 members (excludes halogenated alkanes) is 2. The normalized spacial score (nSPS) is 12.2. The largest absolute Gasteiger partial charge is 0.493 e. The Morgan fingerprint density at radius 1 is 0.681 bits per heavy atom. The van der Waals surface area contributed by atoms with Crippen LogP contribution >= 0.6 is 0 Å². The Labute approximate surface area is 278 Å². The highest BCUT2D eigenvalue weighted by Gasteiger charge is 2.21. The van der Waals surface area contributed by atoms with Gasteiger partial charge >= 0.3 is 11.9 Å². The summed E-state index contributed by atoms with van der Waals surface area (Å²) in [5.74, 6) is 2.05. The van der Waals surface area contributed by atoms with Crippen molar-refractivity contribution in [3.8, 4) is 28.7 Å². The number of ether oxygens (including phenoxy) is 5. The van der Waals surface area contributed by atoms with Gasteiger partial charge in [-0.25, -0.2) is 9.59 Å². The lowest BCUT2D eigenvalue weighted by atomic mass is 10.1. The highest BCUT2D eigenvalue weighted by molar-refractivity contribution is 6.01. The van der Waals surface area contributed by atoms with Crippen molar-refractivity contribution < 1.29 is 33.3 Å². The van der Waals surface area contributed by atoms with E-state index in [1.165, 1.54) is 0 Å². The zero-order chi connectivity index (χ0) is 33.6. The standard InChI is InChI=1S/C40H46O7/c1-6-9-10-13-24-43-37-25-36(46-39(41)30-16-20-32(21-17-30)44-26-28(4)7-2)34-14-11-12-15-35(34)38(37)47-40(42)31-18-22-33(23-19-31)45-27-29(5)8-3/h6,11-12,14-23,25,28-29H,1,7-10,13,24,26-27H2,2-5H3/t28-,29-/m1/s1. The monoisotopic (exact) mass is 638 g/mol. The lowest BCUT2D eigenvalue weighted by Gasteiger charge is -2.17. The van der Waals surface area contributed by atoms with Crippen LogP contribution in [0.3, 0.4) is 0 Å². The van der Waals surface area contributed by atoms with E-state index in [1.807, 2.05) is 30.3 Å². The summed E-state index contributed by atoms with van der Waals surface area (Å²) >= 11 is 0. The van der Waals surface area contributed by atoms with Gasteiger partial charge in [-0.2, -0.15) is 0 Å². The molecular weight excluding hydrogens is 592 g/mol. The Morgan fingerprint density at radius 2 is 1.21 bits per heavy atom. The molecule has 248 valence electrons. The molecule has 7 nitrogen and oxygen atoms in total. The van der Waals surface area contributed by atoms with E-state index >= 15 is 0 Å². The second-order valence-electron chi connectivity index (χ2n) is 11.9. The van der Waals surface area contributed by atoms with Crippen molar-refractivity contribution in [1.29, 1.82) is 0 Å². The van der Waals surface area contributed by atoms with E-state index < -0.39 is 11.9 Å². The number of esters is 2. The first-order chi connectivity index (χ1) is 22.8. The minimum atomic E-state index is -0.541. The van der Waals surface area contributed by atoms with Crippen LogP contribution in [0.2, 0.25) is 0 Å². The Hall–Kier alpha value is -4.78. The van der Waals surface area contributed by atoms with Gasteiger partial charge in [0.1, 0.15) is 17.2 Å². The molecule has 2 atom stereocenters. The highest BCUT2D eigenvalue weighted by Crippen LogP contribution is 2.42. The molecule has 0 aromatic heterocycles.